The minimum absolute atomic E-state index is 0.175. The molecule has 0 fully saturated rings. The summed E-state index contributed by atoms with van der Waals surface area (Å²) in [4.78, 5) is 15.3. The van der Waals surface area contributed by atoms with Crippen molar-refractivity contribution < 1.29 is 9.32 Å². The summed E-state index contributed by atoms with van der Waals surface area (Å²) >= 11 is 0. The lowest BCUT2D eigenvalue weighted by molar-refractivity contribution is 0.102. The zero-order chi connectivity index (χ0) is 13.4. The van der Waals surface area contributed by atoms with Crippen molar-refractivity contribution in [3.05, 3.63) is 47.5 Å². The maximum absolute atomic E-state index is 12.2. The van der Waals surface area contributed by atoms with Gasteiger partial charge in [-0.15, -0.1) is 0 Å². The van der Waals surface area contributed by atoms with E-state index in [4.69, 9.17) is 4.52 Å². The lowest BCUT2D eigenvalue weighted by atomic mass is 10.1. The van der Waals surface area contributed by atoms with E-state index in [2.05, 4.69) is 15.5 Å². The molecule has 96 valence electrons. The van der Waals surface area contributed by atoms with Gasteiger partial charge in [-0.3, -0.25) is 4.79 Å². The van der Waals surface area contributed by atoms with E-state index in [0.717, 1.165) is 10.9 Å². The Kier molecular flexibility index (Phi) is 2.59. The molecule has 0 aliphatic carbocycles. The minimum atomic E-state index is -0.175. The van der Waals surface area contributed by atoms with Crippen molar-refractivity contribution in [1.29, 1.82) is 0 Å². The van der Waals surface area contributed by atoms with Crippen molar-refractivity contribution in [2.45, 2.75) is 13.8 Å². The summed E-state index contributed by atoms with van der Waals surface area (Å²) in [7, 11) is 0. The highest BCUT2D eigenvalue weighted by Gasteiger charge is 2.14. The quantitative estimate of drug-likeness (QED) is 0.739. The number of benzene rings is 1. The van der Waals surface area contributed by atoms with Crippen LogP contribution in [0.1, 0.15) is 21.8 Å². The van der Waals surface area contributed by atoms with Crippen LogP contribution in [0.25, 0.3) is 10.9 Å². The fourth-order valence-electron chi connectivity index (χ4n) is 2.04. The van der Waals surface area contributed by atoms with Crippen molar-refractivity contribution >= 4 is 22.5 Å². The van der Waals surface area contributed by atoms with Crippen LogP contribution >= 0.6 is 0 Å². The van der Waals surface area contributed by atoms with Crippen LogP contribution in [0.2, 0.25) is 0 Å². The van der Waals surface area contributed by atoms with Gasteiger partial charge in [-0.2, -0.15) is 0 Å². The molecule has 0 bridgehead atoms. The van der Waals surface area contributed by atoms with Crippen LogP contribution in [0, 0.1) is 13.8 Å². The van der Waals surface area contributed by atoms with E-state index in [1.807, 2.05) is 24.4 Å². The molecule has 0 saturated heterocycles. The summed E-state index contributed by atoms with van der Waals surface area (Å²) in [6.07, 6.45) is 1.85. The van der Waals surface area contributed by atoms with Gasteiger partial charge >= 0.3 is 0 Å². The van der Waals surface area contributed by atoms with Gasteiger partial charge in [0.15, 0.2) is 5.76 Å². The van der Waals surface area contributed by atoms with E-state index in [1.54, 1.807) is 19.9 Å². The van der Waals surface area contributed by atoms with E-state index in [0.29, 0.717) is 22.7 Å². The number of aromatic nitrogens is 2. The van der Waals surface area contributed by atoms with Crippen LogP contribution in [0.5, 0.6) is 0 Å². The number of fused-ring (bicyclic) bond motifs is 1. The Labute approximate surface area is 109 Å². The van der Waals surface area contributed by atoms with Gasteiger partial charge in [-0.1, -0.05) is 11.2 Å². The Balaban J connectivity index is 1.91. The smallest absolute Gasteiger partial charge is 0.255 e. The highest BCUT2D eigenvalue weighted by atomic mass is 16.5. The molecule has 2 aromatic heterocycles. The summed E-state index contributed by atoms with van der Waals surface area (Å²) in [5.74, 6) is 0.428. The lowest BCUT2D eigenvalue weighted by Gasteiger charge is -2.04. The SMILES string of the molecule is Cc1noc(C)c1NC(=O)c1ccc2cc[nH]c2c1. The monoisotopic (exact) mass is 255 g/mol. The lowest BCUT2D eigenvalue weighted by Crippen LogP contribution is -2.12. The van der Waals surface area contributed by atoms with E-state index >= 15 is 0 Å². The molecule has 1 aromatic carbocycles. The predicted molar refractivity (Wildman–Crippen MR) is 72.2 cm³/mol. The van der Waals surface area contributed by atoms with Gasteiger partial charge in [0.1, 0.15) is 11.4 Å². The number of carbonyl (C=O) groups excluding carboxylic acids is 1. The standard InChI is InChI=1S/C14H13N3O2/c1-8-13(9(2)19-17-8)16-14(18)11-4-3-10-5-6-15-12(10)7-11/h3-7,15H,1-2H3,(H,16,18). The number of rotatable bonds is 2. The first-order chi connectivity index (χ1) is 9.15. The first-order valence-electron chi connectivity index (χ1n) is 5.96. The molecule has 0 atom stereocenters. The number of aromatic amines is 1. The Bertz CT molecular complexity index is 735. The molecular weight excluding hydrogens is 242 g/mol. The second-order valence-corrected chi connectivity index (χ2v) is 4.43. The van der Waals surface area contributed by atoms with Crippen LogP contribution in [0.15, 0.2) is 35.0 Å². The first-order valence-corrected chi connectivity index (χ1v) is 5.96. The molecule has 0 aliphatic rings. The molecular formula is C14H13N3O2. The molecule has 2 heterocycles. The minimum Gasteiger partial charge on any atom is -0.361 e. The maximum Gasteiger partial charge on any atom is 0.255 e. The van der Waals surface area contributed by atoms with E-state index < -0.39 is 0 Å². The van der Waals surface area contributed by atoms with E-state index in [1.165, 1.54) is 0 Å². The van der Waals surface area contributed by atoms with Crippen LogP contribution in [-0.4, -0.2) is 16.0 Å². The number of hydrogen-bond donors (Lipinski definition) is 2. The number of anilines is 1. The largest absolute Gasteiger partial charge is 0.361 e. The van der Waals surface area contributed by atoms with Crippen molar-refractivity contribution in [3.8, 4) is 0 Å². The molecule has 0 unspecified atom stereocenters. The molecule has 0 radical (unpaired) electrons. The van der Waals surface area contributed by atoms with Gasteiger partial charge in [-0.25, -0.2) is 0 Å². The number of hydrogen-bond acceptors (Lipinski definition) is 3. The molecule has 5 heteroatoms. The number of nitrogens with zero attached hydrogens (tertiary/aromatic N) is 1. The number of aryl methyl sites for hydroxylation is 2. The zero-order valence-corrected chi connectivity index (χ0v) is 10.7. The molecule has 0 saturated carbocycles. The number of H-pyrrole nitrogens is 1. The number of nitrogens with one attached hydrogen (secondary N) is 2. The Morgan fingerprint density at radius 1 is 1.32 bits per heavy atom. The van der Waals surface area contributed by atoms with E-state index in [9.17, 15) is 4.79 Å². The Morgan fingerprint density at radius 2 is 2.16 bits per heavy atom. The van der Waals surface area contributed by atoms with Gasteiger partial charge in [0, 0.05) is 17.3 Å². The third-order valence-electron chi connectivity index (χ3n) is 3.09. The summed E-state index contributed by atoms with van der Waals surface area (Å²) in [6.45, 7) is 3.56. The highest BCUT2D eigenvalue weighted by Crippen LogP contribution is 2.20. The average Bonchev–Trinajstić information content (AvgIpc) is 2.99. The van der Waals surface area contributed by atoms with Crippen LogP contribution < -0.4 is 5.32 Å². The third kappa shape index (κ3) is 1.99. The van der Waals surface area contributed by atoms with Crippen molar-refractivity contribution in [2.24, 2.45) is 0 Å². The van der Waals surface area contributed by atoms with Gasteiger partial charge in [0.25, 0.3) is 5.91 Å². The summed E-state index contributed by atoms with van der Waals surface area (Å²) < 4.78 is 5.02. The van der Waals surface area contributed by atoms with Gasteiger partial charge in [0.2, 0.25) is 0 Å². The highest BCUT2D eigenvalue weighted by molar-refractivity contribution is 6.06. The van der Waals surface area contributed by atoms with Crippen molar-refractivity contribution in [1.82, 2.24) is 10.1 Å². The fourth-order valence-corrected chi connectivity index (χ4v) is 2.04. The molecule has 5 nitrogen and oxygen atoms in total. The topological polar surface area (TPSA) is 70.9 Å². The normalized spacial score (nSPS) is 10.8. The molecule has 0 spiro atoms. The van der Waals surface area contributed by atoms with Gasteiger partial charge < -0.3 is 14.8 Å². The van der Waals surface area contributed by atoms with Crippen LogP contribution in [-0.2, 0) is 0 Å². The second kappa shape index (κ2) is 4.28. The molecule has 2 N–H and O–H groups in total. The third-order valence-corrected chi connectivity index (χ3v) is 3.09. The van der Waals surface area contributed by atoms with Gasteiger partial charge in [0.05, 0.1) is 0 Å². The first kappa shape index (κ1) is 11.5. The van der Waals surface area contributed by atoms with Crippen molar-refractivity contribution in [2.75, 3.05) is 5.32 Å². The van der Waals surface area contributed by atoms with Gasteiger partial charge in [-0.05, 0) is 37.4 Å². The second-order valence-electron chi connectivity index (χ2n) is 4.43. The zero-order valence-electron chi connectivity index (χ0n) is 10.7. The Morgan fingerprint density at radius 3 is 2.89 bits per heavy atom. The Hall–Kier alpha value is -2.56. The summed E-state index contributed by atoms with van der Waals surface area (Å²) in [6, 6.07) is 7.49. The summed E-state index contributed by atoms with van der Waals surface area (Å²) in [5, 5.41) is 7.71. The molecule has 3 rings (SSSR count). The average molecular weight is 255 g/mol. The van der Waals surface area contributed by atoms with E-state index in [-0.39, 0.29) is 5.91 Å². The molecule has 0 aliphatic heterocycles. The number of amides is 1. The molecule has 1 amide bonds. The molecule has 3 aromatic rings. The maximum atomic E-state index is 12.2. The number of carbonyl (C=O) groups is 1. The van der Waals surface area contributed by atoms with Crippen LogP contribution in [0.4, 0.5) is 5.69 Å². The molecule has 19 heavy (non-hydrogen) atoms. The van der Waals surface area contributed by atoms with Crippen LogP contribution in [0.3, 0.4) is 0 Å². The fraction of sp³-hybridized carbons (Fsp3) is 0.143. The summed E-state index contributed by atoms with van der Waals surface area (Å²) in [5.41, 5.74) is 2.84. The van der Waals surface area contributed by atoms with Crippen molar-refractivity contribution in [3.63, 3.8) is 0 Å². The predicted octanol–water partition coefficient (Wildman–Crippen LogP) is 3.03.